The zero-order chi connectivity index (χ0) is 9.35. The van der Waals surface area contributed by atoms with Crippen LogP contribution in [-0.2, 0) is 0 Å². The third-order valence-electron chi connectivity index (χ3n) is 1.40. The molecule has 12 heavy (non-hydrogen) atoms. The summed E-state index contributed by atoms with van der Waals surface area (Å²) in [4.78, 5) is 4.79. The Bertz CT molecular complexity index is 301. The molecule has 66 valence electrons. The lowest BCUT2D eigenvalue weighted by Crippen LogP contribution is -2.37. The molecule has 0 bridgehead atoms. The molecule has 0 spiro atoms. The summed E-state index contributed by atoms with van der Waals surface area (Å²) in [5.41, 5.74) is 6.23. The molecule has 0 aromatic carbocycles. The summed E-state index contributed by atoms with van der Waals surface area (Å²) >= 11 is 6.50. The van der Waals surface area contributed by atoms with Crippen LogP contribution in [0, 0.1) is 0 Å². The minimum absolute atomic E-state index is 0.399. The average molecular weight is 216 g/mol. The van der Waals surface area contributed by atoms with Gasteiger partial charge in [0.05, 0.1) is 4.63 Å². The van der Waals surface area contributed by atoms with Crippen LogP contribution in [0.3, 0.4) is 0 Å². The van der Waals surface area contributed by atoms with Crippen molar-refractivity contribution in [3.05, 3.63) is 11.1 Å². The summed E-state index contributed by atoms with van der Waals surface area (Å²) in [5.74, 6) is 0. The largest absolute Gasteiger partial charge is 0.388 e. The van der Waals surface area contributed by atoms with Crippen molar-refractivity contribution in [3.63, 3.8) is 0 Å². The fraction of sp³-hybridized carbons (Fsp3) is 0.429. The molecule has 1 aromatic heterocycles. The maximum absolute atomic E-state index is 5.46. The number of thiazole rings is 1. The predicted octanol–water partition coefficient (Wildman–Crippen LogP) is 1.32. The van der Waals surface area contributed by atoms with Crippen molar-refractivity contribution >= 4 is 41.2 Å². The van der Waals surface area contributed by atoms with E-state index < -0.39 is 8.07 Å². The summed E-state index contributed by atoms with van der Waals surface area (Å²) in [5, 5.41) is 1.94. The van der Waals surface area contributed by atoms with E-state index in [4.69, 9.17) is 18.0 Å². The highest BCUT2D eigenvalue weighted by Gasteiger charge is 2.20. The number of nitrogens with two attached hydrogens (primary N) is 1. The third-order valence-corrected chi connectivity index (χ3v) is 5.85. The normalized spacial score (nSPS) is 11.6. The molecule has 1 heterocycles. The smallest absolute Gasteiger partial charge is 0.123 e. The van der Waals surface area contributed by atoms with E-state index in [1.54, 1.807) is 11.3 Å². The van der Waals surface area contributed by atoms with Crippen molar-refractivity contribution in [2.45, 2.75) is 19.6 Å². The molecular formula is C7H12N2S2Si. The quantitative estimate of drug-likeness (QED) is 0.599. The number of rotatable bonds is 2. The van der Waals surface area contributed by atoms with Gasteiger partial charge in [-0.3, -0.25) is 0 Å². The van der Waals surface area contributed by atoms with E-state index in [9.17, 15) is 0 Å². The first kappa shape index (κ1) is 9.82. The molecule has 0 fully saturated rings. The van der Waals surface area contributed by atoms with Gasteiger partial charge < -0.3 is 5.73 Å². The monoisotopic (exact) mass is 216 g/mol. The van der Waals surface area contributed by atoms with Gasteiger partial charge in [-0.2, -0.15) is 0 Å². The van der Waals surface area contributed by atoms with Crippen LogP contribution in [0.1, 0.15) is 5.69 Å². The summed E-state index contributed by atoms with van der Waals surface area (Å²) in [7, 11) is -1.27. The van der Waals surface area contributed by atoms with Crippen molar-refractivity contribution < 1.29 is 0 Å². The van der Waals surface area contributed by atoms with Crippen LogP contribution in [-0.4, -0.2) is 18.0 Å². The van der Waals surface area contributed by atoms with Crippen molar-refractivity contribution in [2.24, 2.45) is 5.73 Å². The molecule has 0 atom stereocenters. The van der Waals surface area contributed by atoms with Gasteiger partial charge >= 0.3 is 0 Å². The molecule has 0 amide bonds. The van der Waals surface area contributed by atoms with Crippen LogP contribution in [0.15, 0.2) is 5.38 Å². The van der Waals surface area contributed by atoms with Crippen LogP contribution >= 0.6 is 23.6 Å². The van der Waals surface area contributed by atoms with Crippen LogP contribution in [0.4, 0.5) is 0 Å². The van der Waals surface area contributed by atoms with Gasteiger partial charge in [-0.25, -0.2) is 4.98 Å². The van der Waals surface area contributed by atoms with Gasteiger partial charge in [-0.05, 0) is 0 Å². The SMILES string of the molecule is C[Si](C)(C)c1nc(C(N)=S)cs1. The summed E-state index contributed by atoms with van der Waals surface area (Å²) in [6.07, 6.45) is 0. The molecule has 5 heteroatoms. The lowest BCUT2D eigenvalue weighted by Gasteiger charge is -2.10. The summed E-state index contributed by atoms with van der Waals surface area (Å²) < 4.78 is 1.21. The molecule has 1 rings (SSSR count). The Morgan fingerprint density at radius 2 is 2.17 bits per heavy atom. The molecule has 0 saturated carbocycles. The second kappa shape index (κ2) is 3.24. The van der Waals surface area contributed by atoms with E-state index in [1.165, 1.54) is 4.63 Å². The maximum Gasteiger partial charge on any atom is 0.123 e. The number of thiocarbonyl (C=S) groups is 1. The molecule has 1 aromatic rings. The van der Waals surface area contributed by atoms with E-state index in [2.05, 4.69) is 24.6 Å². The van der Waals surface area contributed by atoms with E-state index in [0.29, 0.717) is 4.99 Å². The van der Waals surface area contributed by atoms with Gasteiger partial charge in [0.15, 0.2) is 0 Å². The highest BCUT2D eigenvalue weighted by molar-refractivity contribution is 7.80. The second-order valence-corrected chi connectivity index (χ2v) is 10.3. The Morgan fingerprint density at radius 1 is 1.58 bits per heavy atom. The molecule has 2 N–H and O–H groups in total. The predicted molar refractivity (Wildman–Crippen MR) is 61.0 cm³/mol. The zero-order valence-electron chi connectivity index (χ0n) is 7.42. The number of aromatic nitrogens is 1. The summed E-state index contributed by atoms with van der Waals surface area (Å²) in [6.45, 7) is 6.78. The van der Waals surface area contributed by atoms with Crippen molar-refractivity contribution in [1.82, 2.24) is 4.98 Å². The molecule has 0 aliphatic rings. The first-order valence-electron chi connectivity index (χ1n) is 3.67. The van der Waals surface area contributed by atoms with Crippen LogP contribution in [0.25, 0.3) is 0 Å². The first-order valence-corrected chi connectivity index (χ1v) is 8.46. The molecular weight excluding hydrogens is 204 g/mol. The molecule has 0 radical (unpaired) electrons. The van der Waals surface area contributed by atoms with E-state index in [0.717, 1.165) is 5.69 Å². The number of hydrogen-bond donors (Lipinski definition) is 1. The van der Waals surface area contributed by atoms with Gasteiger partial charge in [-0.15, -0.1) is 11.3 Å². The highest BCUT2D eigenvalue weighted by Crippen LogP contribution is 2.07. The minimum Gasteiger partial charge on any atom is -0.388 e. The van der Waals surface area contributed by atoms with Gasteiger partial charge in [-0.1, -0.05) is 31.9 Å². The molecule has 0 aliphatic carbocycles. The van der Waals surface area contributed by atoms with E-state index >= 15 is 0 Å². The van der Waals surface area contributed by atoms with Crippen molar-refractivity contribution in [3.8, 4) is 0 Å². The van der Waals surface area contributed by atoms with E-state index in [1.807, 2.05) is 5.38 Å². The first-order chi connectivity index (χ1) is 5.41. The number of nitrogens with zero attached hydrogens (tertiary/aromatic N) is 1. The van der Waals surface area contributed by atoms with Crippen molar-refractivity contribution in [1.29, 1.82) is 0 Å². The second-order valence-electron chi connectivity index (χ2n) is 3.65. The van der Waals surface area contributed by atoms with Gasteiger partial charge in [0, 0.05) is 5.38 Å². The fourth-order valence-electron chi connectivity index (χ4n) is 0.731. The molecule has 2 nitrogen and oxygen atoms in total. The zero-order valence-corrected chi connectivity index (χ0v) is 10.1. The van der Waals surface area contributed by atoms with Gasteiger partial charge in [0.1, 0.15) is 18.8 Å². The number of hydrogen-bond acceptors (Lipinski definition) is 3. The topological polar surface area (TPSA) is 38.9 Å². The van der Waals surface area contributed by atoms with Crippen LogP contribution in [0.5, 0.6) is 0 Å². The lowest BCUT2D eigenvalue weighted by atomic mass is 10.5. The molecule has 0 aliphatic heterocycles. The minimum atomic E-state index is -1.27. The van der Waals surface area contributed by atoms with E-state index in [-0.39, 0.29) is 0 Å². The highest BCUT2D eigenvalue weighted by atomic mass is 32.1. The average Bonchev–Trinajstić information content (AvgIpc) is 2.30. The Balaban J connectivity index is 3.00. The summed E-state index contributed by atoms with van der Waals surface area (Å²) in [6, 6.07) is 0. The Kier molecular flexibility index (Phi) is 2.65. The van der Waals surface area contributed by atoms with Crippen LogP contribution < -0.4 is 10.4 Å². The Hall–Kier alpha value is -0.263. The molecule has 0 unspecified atom stereocenters. The Labute approximate surface area is 82.8 Å². The van der Waals surface area contributed by atoms with Crippen molar-refractivity contribution in [2.75, 3.05) is 0 Å². The third kappa shape index (κ3) is 2.12. The fourth-order valence-corrected chi connectivity index (χ4v) is 3.51. The van der Waals surface area contributed by atoms with Gasteiger partial charge in [0.2, 0.25) is 0 Å². The van der Waals surface area contributed by atoms with Gasteiger partial charge in [0.25, 0.3) is 0 Å². The molecule has 0 saturated heterocycles. The maximum atomic E-state index is 5.46. The standard InChI is InChI=1S/C7H12N2S2Si/c1-12(2,3)7-9-5(4-11-7)6(8)10/h4H,1-3H3,(H2,8,10). The Morgan fingerprint density at radius 3 is 2.42 bits per heavy atom. The lowest BCUT2D eigenvalue weighted by molar-refractivity contribution is 1.40. The van der Waals surface area contributed by atoms with Crippen LogP contribution in [0.2, 0.25) is 19.6 Å².